The minimum atomic E-state index is -0.769. The summed E-state index contributed by atoms with van der Waals surface area (Å²) in [6, 6.07) is 20.1. The standard InChI is InChI=1S/C32H29BrN2O6S/c1-4-39-26-15-12-22(16-27(26)40-5-2)29-24(31(37)38-3)18-34-32-35(29)30(36)28(42-32)17-21-8-6-7-9-25(21)41-19-20-10-13-23(33)14-11-20/h6-18,29H,4-5,19H2,1-3H3/b28-17-/t29-/m1/s1. The maximum Gasteiger partial charge on any atom is 0.337 e. The van der Waals surface area contributed by atoms with E-state index in [0.717, 1.165) is 15.6 Å². The van der Waals surface area contributed by atoms with E-state index >= 15 is 0 Å². The molecule has 0 amide bonds. The third kappa shape index (κ3) is 6.19. The summed E-state index contributed by atoms with van der Waals surface area (Å²) in [4.78, 5) is 31.7. The molecule has 0 unspecified atom stereocenters. The van der Waals surface area contributed by atoms with E-state index in [9.17, 15) is 9.59 Å². The lowest BCUT2D eigenvalue weighted by molar-refractivity contribution is -0.136. The molecule has 3 aromatic carbocycles. The lowest BCUT2D eigenvalue weighted by Gasteiger charge is -2.23. The number of hydrogen-bond donors (Lipinski definition) is 0. The van der Waals surface area contributed by atoms with Gasteiger partial charge in [0.25, 0.3) is 5.56 Å². The Bertz CT molecular complexity index is 1810. The molecule has 5 rings (SSSR count). The number of thiazole rings is 1. The van der Waals surface area contributed by atoms with Crippen LogP contribution in [0.1, 0.15) is 36.6 Å². The largest absolute Gasteiger partial charge is 0.490 e. The van der Waals surface area contributed by atoms with Crippen molar-refractivity contribution in [3.63, 3.8) is 0 Å². The number of ether oxygens (including phenoxy) is 4. The topological polar surface area (TPSA) is 88.4 Å². The molecule has 8 nitrogen and oxygen atoms in total. The van der Waals surface area contributed by atoms with Crippen LogP contribution in [0.2, 0.25) is 0 Å². The highest BCUT2D eigenvalue weighted by atomic mass is 79.9. The first kappa shape index (κ1) is 29.3. The molecule has 0 saturated carbocycles. The Morgan fingerprint density at radius 3 is 2.45 bits per heavy atom. The number of halogens is 1. The lowest BCUT2D eigenvalue weighted by atomic mass is 9.97. The van der Waals surface area contributed by atoms with Gasteiger partial charge in [-0.2, -0.15) is 0 Å². The van der Waals surface area contributed by atoms with Gasteiger partial charge in [-0.05, 0) is 61.4 Å². The predicted molar refractivity (Wildman–Crippen MR) is 165 cm³/mol. The Balaban J connectivity index is 1.57. The molecule has 1 aromatic heterocycles. The summed E-state index contributed by atoms with van der Waals surface area (Å²) >= 11 is 4.69. The van der Waals surface area contributed by atoms with E-state index in [4.69, 9.17) is 18.9 Å². The van der Waals surface area contributed by atoms with Gasteiger partial charge in [-0.25, -0.2) is 9.79 Å². The van der Waals surface area contributed by atoms with Gasteiger partial charge in [-0.1, -0.05) is 63.7 Å². The molecule has 10 heteroatoms. The number of fused-ring (bicyclic) bond motifs is 1. The monoisotopic (exact) mass is 648 g/mol. The van der Waals surface area contributed by atoms with Crippen LogP contribution in [0.4, 0.5) is 0 Å². The molecule has 0 fully saturated rings. The fraction of sp³-hybridized carbons (Fsp3) is 0.219. The van der Waals surface area contributed by atoms with Gasteiger partial charge in [-0.15, -0.1) is 0 Å². The van der Waals surface area contributed by atoms with Crippen molar-refractivity contribution in [1.29, 1.82) is 0 Å². The molecule has 0 bridgehead atoms. The van der Waals surface area contributed by atoms with E-state index in [1.165, 1.54) is 29.2 Å². The summed E-state index contributed by atoms with van der Waals surface area (Å²) in [7, 11) is 1.31. The maximum absolute atomic E-state index is 14.0. The number of rotatable bonds is 10. The number of hydrogen-bond acceptors (Lipinski definition) is 8. The van der Waals surface area contributed by atoms with Gasteiger partial charge >= 0.3 is 5.97 Å². The van der Waals surface area contributed by atoms with Crippen molar-refractivity contribution < 1.29 is 23.7 Å². The number of benzene rings is 3. The molecule has 1 aliphatic rings. The second kappa shape index (κ2) is 13.2. The van der Waals surface area contributed by atoms with Gasteiger partial charge in [0.1, 0.15) is 12.4 Å². The van der Waals surface area contributed by atoms with Gasteiger partial charge < -0.3 is 18.9 Å². The Kier molecular flexibility index (Phi) is 9.24. The molecule has 0 radical (unpaired) electrons. The van der Waals surface area contributed by atoms with Crippen LogP contribution in [-0.2, 0) is 16.1 Å². The molecule has 0 aliphatic carbocycles. The first-order valence-electron chi connectivity index (χ1n) is 13.4. The van der Waals surface area contributed by atoms with Crippen LogP contribution >= 0.6 is 27.3 Å². The SMILES string of the molecule is CCOc1ccc([C@@H]2C(C(=O)OC)=CN=c3s/c(=C\c4ccccc4OCc4ccc(Br)cc4)c(=O)n32)cc1OCC. The number of nitrogens with zero attached hydrogens (tertiary/aromatic N) is 2. The quantitative estimate of drug-likeness (QED) is 0.221. The van der Waals surface area contributed by atoms with Crippen molar-refractivity contribution in [3.05, 3.63) is 119 Å². The summed E-state index contributed by atoms with van der Waals surface area (Å²) < 4.78 is 25.7. The second-order valence-electron chi connectivity index (χ2n) is 9.20. The molecule has 2 heterocycles. The number of aromatic nitrogens is 1. The van der Waals surface area contributed by atoms with Crippen LogP contribution in [-0.4, -0.2) is 30.9 Å². The summed E-state index contributed by atoms with van der Waals surface area (Å²) in [6.45, 7) is 5.04. The van der Waals surface area contributed by atoms with Crippen molar-refractivity contribution in [1.82, 2.24) is 4.57 Å². The smallest absolute Gasteiger partial charge is 0.337 e. The van der Waals surface area contributed by atoms with Gasteiger partial charge in [0.15, 0.2) is 16.3 Å². The molecule has 0 saturated heterocycles. The fourth-order valence-electron chi connectivity index (χ4n) is 4.60. The van der Waals surface area contributed by atoms with Crippen molar-refractivity contribution in [3.8, 4) is 17.2 Å². The number of esters is 1. The normalized spacial score (nSPS) is 14.4. The van der Waals surface area contributed by atoms with Crippen LogP contribution in [0.3, 0.4) is 0 Å². The molecule has 216 valence electrons. The van der Waals surface area contributed by atoms with Crippen molar-refractivity contribution >= 4 is 39.3 Å². The van der Waals surface area contributed by atoms with Crippen molar-refractivity contribution in [2.45, 2.75) is 26.5 Å². The number of para-hydroxylation sites is 1. The predicted octanol–water partition coefficient (Wildman–Crippen LogP) is 5.16. The third-order valence-electron chi connectivity index (χ3n) is 6.52. The first-order valence-corrected chi connectivity index (χ1v) is 15.0. The van der Waals surface area contributed by atoms with Crippen LogP contribution in [0, 0.1) is 0 Å². The molecule has 0 spiro atoms. The van der Waals surface area contributed by atoms with Crippen LogP contribution in [0.5, 0.6) is 17.2 Å². The van der Waals surface area contributed by atoms with Gasteiger partial charge in [0.05, 0.1) is 36.5 Å². The highest BCUT2D eigenvalue weighted by Crippen LogP contribution is 2.35. The summed E-state index contributed by atoms with van der Waals surface area (Å²) in [5.74, 6) is 1.18. The van der Waals surface area contributed by atoms with E-state index in [1.807, 2.05) is 68.4 Å². The zero-order valence-electron chi connectivity index (χ0n) is 23.3. The summed E-state index contributed by atoms with van der Waals surface area (Å²) in [5.41, 5.74) is 2.39. The molecular weight excluding hydrogens is 620 g/mol. The van der Waals surface area contributed by atoms with Gasteiger partial charge in [0.2, 0.25) is 0 Å². The van der Waals surface area contributed by atoms with E-state index in [1.54, 1.807) is 18.2 Å². The van der Waals surface area contributed by atoms with E-state index in [0.29, 0.717) is 52.0 Å². The zero-order valence-corrected chi connectivity index (χ0v) is 25.7. The van der Waals surface area contributed by atoms with Crippen LogP contribution in [0.25, 0.3) is 6.08 Å². The summed E-state index contributed by atoms with van der Waals surface area (Å²) in [5, 5.41) is 0. The average Bonchev–Trinajstić information content (AvgIpc) is 3.32. The number of methoxy groups -OCH3 is 1. The highest BCUT2D eigenvalue weighted by molar-refractivity contribution is 9.10. The zero-order chi connectivity index (χ0) is 29.6. The van der Waals surface area contributed by atoms with Gasteiger partial charge in [0, 0.05) is 16.2 Å². The Morgan fingerprint density at radius 1 is 0.976 bits per heavy atom. The maximum atomic E-state index is 14.0. The molecule has 1 atom stereocenters. The number of carbonyl (C=O) groups is 1. The molecule has 42 heavy (non-hydrogen) atoms. The average molecular weight is 650 g/mol. The van der Waals surface area contributed by atoms with E-state index in [-0.39, 0.29) is 11.1 Å². The van der Waals surface area contributed by atoms with E-state index in [2.05, 4.69) is 20.9 Å². The molecule has 0 N–H and O–H groups in total. The highest BCUT2D eigenvalue weighted by Gasteiger charge is 2.31. The van der Waals surface area contributed by atoms with Gasteiger partial charge in [-0.3, -0.25) is 9.36 Å². The Morgan fingerprint density at radius 2 is 1.71 bits per heavy atom. The van der Waals surface area contributed by atoms with Crippen LogP contribution in [0.15, 0.2) is 92.8 Å². The molecule has 4 aromatic rings. The minimum Gasteiger partial charge on any atom is -0.490 e. The van der Waals surface area contributed by atoms with Crippen LogP contribution < -0.4 is 29.1 Å². The lowest BCUT2D eigenvalue weighted by Crippen LogP contribution is -2.39. The fourth-order valence-corrected chi connectivity index (χ4v) is 5.83. The molecular formula is C32H29BrN2O6S. The number of carbonyl (C=O) groups excluding carboxylic acids is 1. The Hall–Kier alpha value is -4.15. The van der Waals surface area contributed by atoms with Crippen molar-refractivity contribution in [2.75, 3.05) is 20.3 Å². The minimum absolute atomic E-state index is 0.237. The Labute approximate surface area is 255 Å². The van der Waals surface area contributed by atoms with Crippen molar-refractivity contribution in [2.24, 2.45) is 4.99 Å². The second-order valence-corrected chi connectivity index (χ2v) is 11.1. The third-order valence-corrected chi connectivity index (χ3v) is 8.05. The summed E-state index contributed by atoms with van der Waals surface area (Å²) in [6.07, 6.45) is 3.26. The first-order chi connectivity index (χ1) is 20.4. The molecule has 1 aliphatic heterocycles. The van der Waals surface area contributed by atoms with E-state index < -0.39 is 12.0 Å².